The second-order valence-corrected chi connectivity index (χ2v) is 6.76. The number of carbonyl (C=O) groups excluding carboxylic acids is 1. The Kier molecular flexibility index (Phi) is 5.07. The van der Waals surface area contributed by atoms with Crippen LogP contribution in [0.4, 0.5) is 5.69 Å². The second kappa shape index (κ2) is 7.24. The van der Waals surface area contributed by atoms with E-state index in [1.807, 2.05) is 24.3 Å². The summed E-state index contributed by atoms with van der Waals surface area (Å²) in [6.07, 6.45) is 2.30. The second-order valence-electron chi connectivity index (χ2n) is 6.32. The van der Waals surface area contributed by atoms with E-state index in [0.717, 1.165) is 18.5 Å². The van der Waals surface area contributed by atoms with Crippen LogP contribution in [-0.2, 0) is 17.6 Å². The van der Waals surface area contributed by atoms with Crippen molar-refractivity contribution >= 4 is 23.2 Å². The number of hydrogen-bond donors (Lipinski definition) is 3. The molecule has 1 amide bonds. The number of rotatable bonds is 4. The molecule has 24 heavy (non-hydrogen) atoms. The van der Waals surface area contributed by atoms with E-state index in [-0.39, 0.29) is 17.9 Å². The first-order valence-corrected chi connectivity index (χ1v) is 8.52. The largest absolute Gasteiger partial charge is 0.378 e. The quantitative estimate of drug-likeness (QED) is 0.577. The van der Waals surface area contributed by atoms with E-state index in [9.17, 15) is 4.79 Å². The first-order chi connectivity index (χ1) is 11.6. The minimum absolute atomic E-state index is 0.126. The van der Waals surface area contributed by atoms with Crippen molar-refractivity contribution in [2.75, 3.05) is 5.32 Å². The summed E-state index contributed by atoms with van der Waals surface area (Å²) in [5, 5.41) is 13.0. The van der Waals surface area contributed by atoms with E-state index < -0.39 is 0 Å². The number of hydrogen-bond acceptors (Lipinski definition) is 3. The van der Waals surface area contributed by atoms with Gasteiger partial charge >= 0.3 is 0 Å². The fraction of sp³-hybridized carbons (Fsp3) is 0.316. The molecule has 0 bridgehead atoms. The van der Waals surface area contributed by atoms with Gasteiger partial charge in [-0.2, -0.15) is 0 Å². The summed E-state index contributed by atoms with van der Waals surface area (Å²) in [5.41, 5.74) is 6.39. The Labute approximate surface area is 146 Å². The summed E-state index contributed by atoms with van der Waals surface area (Å²) in [6, 6.07) is 14.2. The molecule has 0 radical (unpaired) electrons. The SMILES string of the molecule is CC(Nc1cccc(Cl)c1)c1ccc2c(c1)CC(C(=O)NO)CC2. The maximum Gasteiger partial charge on any atom is 0.246 e. The average molecular weight is 345 g/mol. The van der Waals surface area contributed by atoms with Crippen molar-refractivity contribution in [3.63, 3.8) is 0 Å². The maximum atomic E-state index is 11.7. The molecule has 0 spiro atoms. The predicted molar refractivity (Wildman–Crippen MR) is 95.4 cm³/mol. The molecular formula is C19H21ClN2O2. The number of nitrogens with one attached hydrogen (secondary N) is 2. The molecule has 2 unspecified atom stereocenters. The zero-order chi connectivity index (χ0) is 17.1. The van der Waals surface area contributed by atoms with Gasteiger partial charge in [0.2, 0.25) is 5.91 Å². The van der Waals surface area contributed by atoms with Crippen LogP contribution in [0.3, 0.4) is 0 Å². The molecule has 126 valence electrons. The Hall–Kier alpha value is -2.04. The van der Waals surface area contributed by atoms with Crippen LogP contribution >= 0.6 is 11.6 Å². The summed E-state index contributed by atoms with van der Waals surface area (Å²) >= 11 is 6.03. The minimum Gasteiger partial charge on any atom is -0.378 e. The third-order valence-electron chi connectivity index (χ3n) is 4.65. The van der Waals surface area contributed by atoms with Crippen molar-refractivity contribution in [3.05, 3.63) is 64.2 Å². The van der Waals surface area contributed by atoms with Gasteiger partial charge < -0.3 is 5.32 Å². The Bertz CT molecular complexity index is 748. The van der Waals surface area contributed by atoms with Crippen molar-refractivity contribution in [1.82, 2.24) is 5.48 Å². The lowest BCUT2D eigenvalue weighted by Crippen LogP contribution is -2.32. The van der Waals surface area contributed by atoms with Crippen molar-refractivity contribution in [3.8, 4) is 0 Å². The molecule has 2 aromatic carbocycles. The van der Waals surface area contributed by atoms with E-state index in [0.29, 0.717) is 11.4 Å². The highest BCUT2D eigenvalue weighted by atomic mass is 35.5. The monoisotopic (exact) mass is 344 g/mol. The van der Waals surface area contributed by atoms with Gasteiger partial charge in [0.1, 0.15) is 0 Å². The fourth-order valence-electron chi connectivity index (χ4n) is 3.27. The van der Waals surface area contributed by atoms with Crippen LogP contribution in [0.25, 0.3) is 0 Å². The molecule has 0 heterocycles. The van der Waals surface area contributed by atoms with Crippen LogP contribution in [0.5, 0.6) is 0 Å². The lowest BCUT2D eigenvalue weighted by atomic mass is 9.82. The van der Waals surface area contributed by atoms with Crippen molar-refractivity contribution in [2.45, 2.75) is 32.2 Å². The Morgan fingerprint density at radius 2 is 2.08 bits per heavy atom. The fourth-order valence-corrected chi connectivity index (χ4v) is 3.46. The van der Waals surface area contributed by atoms with Crippen LogP contribution < -0.4 is 10.8 Å². The first-order valence-electron chi connectivity index (χ1n) is 8.14. The molecule has 3 rings (SSSR count). The van der Waals surface area contributed by atoms with E-state index in [1.165, 1.54) is 16.7 Å². The molecule has 0 aliphatic heterocycles. The standard InChI is InChI=1S/C19H21ClN2O2/c1-12(21-18-4-2-3-17(20)11-18)14-7-5-13-6-8-15(19(23)22-24)10-16(13)9-14/h2-5,7,9,11-12,15,21,24H,6,8,10H2,1H3,(H,22,23). The third-order valence-corrected chi connectivity index (χ3v) is 4.88. The van der Waals surface area contributed by atoms with Crippen LogP contribution in [-0.4, -0.2) is 11.1 Å². The topological polar surface area (TPSA) is 61.4 Å². The van der Waals surface area contributed by atoms with Gasteiger partial charge in [-0.15, -0.1) is 0 Å². The van der Waals surface area contributed by atoms with Gasteiger partial charge in [-0.3, -0.25) is 10.0 Å². The molecule has 1 aliphatic rings. The van der Waals surface area contributed by atoms with Crippen LogP contribution in [0.2, 0.25) is 5.02 Å². The molecule has 2 atom stereocenters. The molecule has 3 N–H and O–H groups in total. The Morgan fingerprint density at radius 1 is 1.25 bits per heavy atom. The van der Waals surface area contributed by atoms with E-state index in [4.69, 9.17) is 16.8 Å². The predicted octanol–water partition coefficient (Wildman–Crippen LogP) is 4.12. The van der Waals surface area contributed by atoms with Gasteiger partial charge in [0.25, 0.3) is 0 Å². The number of hydroxylamine groups is 1. The molecule has 4 nitrogen and oxygen atoms in total. The van der Waals surface area contributed by atoms with E-state index in [1.54, 1.807) is 5.48 Å². The normalized spacial score (nSPS) is 17.7. The number of amides is 1. The number of anilines is 1. The van der Waals surface area contributed by atoms with Crippen LogP contribution in [0, 0.1) is 5.92 Å². The number of carbonyl (C=O) groups is 1. The molecule has 5 heteroatoms. The molecule has 0 saturated carbocycles. The number of benzene rings is 2. The summed E-state index contributed by atoms with van der Waals surface area (Å²) in [5.74, 6) is -0.454. The highest BCUT2D eigenvalue weighted by Crippen LogP contribution is 2.29. The Balaban J connectivity index is 1.76. The molecule has 2 aromatic rings. The molecule has 0 saturated heterocycles. The van der Waals surface area contributed by atoms with Crippen LogP contribution in [0.1, 0.15) is 36.1 Å². The molecular weight excluding hydrogens is 324 g/mol. The number of halogens is 1. The van der Waals surface area contributed by atoms with Crippen LogP contribution in [0.15, 0.2) is 42.5 Å². The van der Waals surface area contributed by atoms with Gasteiger partial charge in [0, 0.05) is 22.7 Å². The van der Waals surface area contributed by atoms with Crippen molar-refractivity contribution in [1.29, 1.82) is 0 Å². The van der Waals surface area contributed by atoms with E-state index >= 15 is 0 Å². The summed E-state index contributed by atoms with van der Waals surface area (Å²) in [4.78, 5) is 11.7. The first kappa shape index (κ1) is 16.8. The molecule has 0 fully saturated rings. The summed E-state index contributed by atoms with van der Waals surface area (Å²) in [7, 11) is 0. The minimum atomic E-state index is -0.295. The third kappa shape index (κ3) is 3.71. The number of fused-ring (bicyclic) bond motifs is 1. The highest BCUT2D eigenvalue weighted by Gasteiger charge is 2.24. The van der Waals surface area contributed by atoms with E-state index in [2.05, 4.69) is 30.4 Å². The Morgan fingerprint density at radius 3 is 2.83 bits per heavy atom. The highest BCUT2D eigenvalue weighted by molar-refractivity contribution is 6.30. The van der Waals surface area contributed by atoms with Crippen molar-refractivity contribution < 1.29 is 10.0 Å². The zero-order valence-corrected chi connectivity index (χ0v) is 14.3. The zero-order valence-electron chi connectivity index (χ0n) is 13.6. The van der Waals surface area contributed by atoms with Gasteiger partial charge in [0.15, 0.2) is 0 Å². The summed E-state index contributed by atoms with van der Waals surface area (Å²) < 4.78 is 0. The molecule has 1 aliphatic carbocycles. The van der Waals surface area contributed by atoms with Gasteiger partial charge in [-0.25, -0.2) is 5.48 Å². The van der Waals surface area contributed by atoms with Gasteiger partial charge in [0.05, 0.1) is 0 Å². The smallest absolute Gasteiger partial charge is 0.246 e. The lowest BCUT2D eigenvalue weighted by molar-refractivity contribution is -0.133. The molecule has 0 aromatic heterocycles. The number of aryl methyl sites for hydroxylation is 1. The van der Waals surface area contributed by atoms with Crippen molar-refractivity contribution in [2.24, 2.45) is 5.92 Å². The summed E-state index contributed by atoms with van der Waals surface area (Å²) in [6.45, 7) is 2.10. The average Bonchev–Trinajstić information content (AvgIpc) is 2.60. The van der Waals surface area contributed by atoms with Gasteiger partial charge in [-0.1, -0.05) is 35.9 Å². The van der Waals surface area contributed by atoms with Gasteiger partial charge in [-0.05, 0) is 61.1 Å². The maximum absolute atomic E-state index is 11.7. The lowest BCUT2D eigenvalue weighted by Gasteiger charge is -2.25.